The number of benzene rings is 1. The second-order valence-corrected chi connectivity index (χ2v) is 4.09. The molecule has 104 valence electrons. The molecule has 1 aromatic carbocycles. The van der Waals surface area contributed by atoms with E-state index in [4.69, 9.17) is 4.74 Å². The predicted octanol–water partition coefficient (Wildman–Crippen LogP) is 2.64. The molecule has 0 aliphatic rings. The minimum absolute atomic E-state index is 0.265. The van der Waals surface area contributed by atoms with Crippen LogP contribution in [0.1, 0.15) is 11.1 Å². The van der Waals surface area contributed by atoms with Gasteiger partial charge in [-0.3, -0.25) is 0 Å². The van der Waals surface area contributed by atoms with Crippen molar-refractivity contribution in [1.82, 2.24) is 10.2 Å². The summed E-state index contributed by atoms with van der Waals surface area (Å²) in [6.07, 6.45) is 0. The highest BCUT2D eigenvalue weighted by Crippen LogP contribution is 2.37. The van der Waals surface area contributed by atoms with Gasteiger partial charge in [0.1, 0.15) is 5.75 Å². The molecule has 2 aromatic rings. The van der Waals surface area contributed by atoms with Gasteiger partial charge in [-0.15, -0.1) is 0 Å². The first-order chi connectivity index (χ1) is 9.40. The fraction of sp³-hybridized carbons (Fsp3) is 0.182. The van der Waals surface area contributed by atoms with Crippen molar-refractivity contribution >= 4 is 11.6 Å². The normalized spacial score (nSPS) is 10.3. The third-order valence-electron chi connectivity index (χ3n) is 2.74. The van der Waals surface area contributed by atoms with Gasteiger partial charge < -0.3 is 25.0 Å². The summed E-state index contributed by atoms with van der Waals surface area (Å²) in [6.45, 7) is 3.72. The standard InChI is InChI=1S/C11H10N4O5/c1-6-3-4-8(5-7(6)2)20-9-10(14(16)17)12-13-11(9)15(18)19/h3-5H,1-2H3,(H,12,13). The molecule has 0 fully saturated rings. The van der Waals surface area contributed by atoms with Crippen molar-refractivity contribution in [3.8, 4) is 11.5 Å². The summed E-state index contributed by atoms with van der Waals surface area (Å²) in [6, 6.07) is 4.96. The molecule has 0 aliphatic carbocycles. The molecule has 1 heterocycles. The Morgan fingerprint density at radius 3 is 2.40 bits per heavy atom. The van der Waals surface area contributed by atoms with Gasteiger partial charge in [0.2, 0.25) is 0 Å². The van der Waals surface area contributed by atoms with Crippen LogP contribution in [0.4, 0.5) is 11.6 Å². The maximum absolute atomic E-state index is 10.8. The molecule has 1 aromatic heterocycles. The highest BCUT2D eigenvalue weighted by Gasteiger charge is 2.34. The number of nitrogens with one attached hydrogen (secondary N) is 1. The number of aryl methyl sites for hydroxylation is 2. The van der Waals surface area contributed by atoms with Crippen molar-refractivity contribution in [2.45, 2.75) is 13.8 Å². The molecule has 1 N–H and O–H groups in total. The number of rotatable bonds is 4. The van der Waals surface area contributed by atoms with Crippen LogP contribution in [0, 0.1) is 34.1 Å². The molecule has 0 amide bonds. The van der Waals surface area contributed by atoms with E-state index < -0.39 is 27.2 Å². The van der Waals surface area contributed by atoms with Crippen molar-refractivity contribution in [1.29, 1.82) is 0 Å². The zero-order valence-electron chi connectivity index (χ0n) is 10.6. The van der Waals surface area contributed by atoms with Gasteiger partial charge >= 0.3 is 17.4 Å². The summed E-state index contributed by atoms with van der Waals surface area (Å²) >= 11 is 0. The van der Waals surface area contributed by atoms with Crippen molar-refractivity contribution in [2.75, 3.05) is 0 Å². The Bertz CT molecular complexity index is 663. The Hall–Kier alpha value is -2.97. The first-order valence-electron chi connectivity index (χ1n) is 5.52. The Balaban J connectivity index is 2.45. The summed E-state index contributed by atoms with van der Waals surface area (Å²) in [5, 5.41) is 26.9. The maximum Gasteiger partial charge on any atom is 0.463 e. The summed E-state index contributed by atoms with van der Waals surface area (Å²) in [7, 11) is 0. The molecule has 9 heteroatoms. The molecular formula is C11H10N4O5. The number of hydrogen-bond acceptors (Lipinski definition) is 6. The lowest BCUT2D eigenvalue weighted by Gasteiger charge is -2.05. The van der Waals surface area contributed by atoms with Gasteiger partial charge in [-0.2, -0.15) is 0 Å². The Kier molecular flexibility index (Phi) is 3.34. The van der Waals surface area contributed by atoms with Crippen molar-refractivity contribution in [2.24, 2.45) is 0 Å². The smallest absolute Gasteiger partial charge is 0.442 e. The van der Waals surface area contributed by atoms with E-state index in [1.807, 2.05) is 18.9 Å². The van der Waals surface area contributed by atoms with Crippen molar-refractivity contribution in [3.05, 3.63) is 49.6 Å². The lowest BCUT2D eigenvalue weighted by molar-refractivity contribution is -0.395. The maximum atomic E-state index is 10.8. The average molecular weight is 278 g/mol. The summed E-state index contributed by atoms with van der Waals surface area (Å²) in [4.78, 5) is 19.9. The lowest BCUT2D eigenvalue weighted by atomic mass is 10.1. The number of hydrogen-bond donors (Lipinski definition) is 1. The van der Waals surface area contributed by atoms with Crippen molar-refractivity contribution in [3.63, 3.8) is 0 Å². The van der Waals surface area contributed by atoms with E-state index in [9.17, 15) is 20.2 Å². The number of aromatic nitrogens is 2. The molecular weight excluding hydrogens is 268 g/mol. The van der Waals surface area contributed by atoms with Crippen LogP contribution in [0.3, 0.4) is 0 Å². The van der Waals surface area contributed by atoms with E-state index >= 15 is 0 Å². The third kappa shape index (κ3) is 2.41. The second-order valence-electron chi connectivity index (χ2n) is 4.09. The first-order valence-corrected chi connectivity index (χ1v) is 5.52. The molecule has 0 aliphatic heterocycles. The largest absolute Gasteiger partial charge is 0.463 e. The molecule has 0 saturated heterocycles. The molecule has 0 atom stereocenters. The number of ether oxygens (including phenoxy) is 1. The molecule has 0 spiro atoms. The van der Waals surface area contributed by atoms with Gasteiger partial charge in [-0.05, 0) is 52.1 Å². The summed E-state index contributed by atoms with van der Waals surface area (Å²) in [5.74, 6) is -1.63. The minimum Gasteiger partial charge on any atom is -0.442 e. The second kappa shape index (κ2) is 4.96. The van der Waals surface area contributed by atoms with Crippen LogP contribution in [0.15, 0.2) is 18.2 Å². The van der Waals surface area contributed by atoms with E-state index in [2.05, 4.69) is 5.10 Å². The molecule has 0 saturated carbocycles. The Morgan fingerprint density at radius 1 is 1.15 bits per heavy atom. The fourth-order valence-corrected chi connectivity index (χ4v) is 1.55. The SMILES string of the molecule is Cc1ccc(Oc2c([N+](=O)[O-])n[nH]c2[N+](=O)[O-])cc1C. The zero-order valence-corrected chi connectivity index (χ0v) is 10.6. The number of nitro groups is 2. The van der Waals surface area contributed by atoms with Gasteiger partial charge in [-0.25, -0.2) is 0 Å². The van der Waals surface area contributed by atoms with Crippen LogP contribution < -0.4 is 4.74 Å². The topological polar surface area (TPSA) is 124 Å². The third-order valence-corrected chi connectivity index (χ3v) is 2.74. The van der Waals surface area contributed by atoms with Gasteiger partial charge in [0.25, 0.3) is 0 Å². The highest BCUT2D eigenvalue weighted by molar-refractivity contribution is 5.54. The highest BCUT2D eigenvalue weighted by atomic mass is 16.6. The quantitative estimate of drug-likeness (QED) is 0.677. The fourth-order valence-electron chi connectivity index (χ4n) is 1.55. The monoisotopic (exact) mass is 278 g/mol. The van der Waals surface area contributed by atoms with Crippen molar-refractivity contribution < 1.29 is 14.6 Å². The van der Waals surface area contributed by atoms with Crippen LogP contribution in [0.5, 0.6) is 11.5 Å². The van der Waals surface area contributed by atoms with Gasteiger partial charge in [0.05, 0.1) is 0 Å². The average Bonchev–Trinajstić information content (AvgIpc) is 2.77. The number of nitrogens with zero attached hydrogens (tertiary/aromatic N) is 3. The summed E-state index contributed by atoms with van der Waals surface area (Å²) < 4.78 is 5.26. The van der Waals surface area contributed by atoms with Crippen LogP contribution in [0.25, 0.3) is 0 Å². The molecule has 0 bridgehead atoms. The van der Waals surface area contributed by atoms with Crippen LogP contribution >= 0.6 is 0 Å². The van der Waals surface area contributed by atoms with Crippen LogP contribution in [0.2, 0.25) is 0 Å². The van der Waals surface area contributed by atoms with Gasteiger partial charge in [0.15, 0.2) is 5.10 Å². The van der Waals surface area contributed by atoms with Crippen LogP contribution in [-0.2, 0) is 0 Å². The van der Waals surface area contributed by atoms with Gasteiger partial charge in [-0.1, -0.05) is 6.07 Å². The predicted molar refractivity (Wildman–Crippen MR) is 67.9 cm³/mol. The molecule has 2 rings (SSSR count). The van der Waals surface area contributed by atoms with Gasteiger partial charge in [0, 0.05) is 0 Å². The minimum atomic E-state index is -0.847. The molecule has 0 radical (unpaired) electrons. The number of aromatic amines is 1. The summed E-state index contributed by atoms with van der Waals surface area (Å²) in [5.41, 5.74) is 1.91. The van der Waals surface area contributed by atoms with E-state index in [-0.39, 0.29) is 5.75 Å². The Morgan fingerprint density at radius 2 is 1.85 bits per heavy atom. The molecule has 0 unspecified atom stereocenters. The molecule has 9 nitrogen and oxygen atoms in total. The van der Waals surface area contributed by atoms with Crippen LogP contribution in [-0.4, -0.2) is 20.0 Å². The van der Waals surface area contributed by atoms with E-state index in [0.717, 1.165) is 11.1 Å². The lowest BCUT2D eigenvalue weighted by Crippen LogP contribution is -1.95. The molecule has 20 heavy (non-hydrogen) atoms. The number of H-pyrrole nitrogens is 1. The van der Waals surface area contributed by atoms with E-state index in [1.54, 1.807) is 18.2 Å². The van der Waals surface area contributed by atoms with E-state index in [1.165, 1.54) is 0 Å². The zero-order chi connectivity index (χ0) is 14.9. The van der Waals surface area contributed by atoms with E-state index in [0.29, 0.717) is 0 Å². The first kappa shape index (κ1) is 13.5. The Labute approximate surface area is 112 Å².